The molecule has 4 unspecified atom stereocenters. The number of epoxide rings is 1. The van der Waals surface area contributed by atoms with Crippen LogP contribution in [0.2, 0.25) is 0 Å². The van der Waals surface area contributed by atoms with E-state index in [4.69, 9.17) is 16.4 Å². The van der Waals surface area contributed by atoms with Crippen molar-refractivity contribution in [1.82, 2.24) is 0 Å². The van der Waals surface area contributed by atoms with Gasteiger partial charge in [0.2, 0.25) is 0 Å². The van der Waals surface area contributed by atoms with Crippen LogP contribution < -0.4 is 0 Å². The summed E-state index contributed by atoms with van der Waals surface area (Å²) in [5.41, 5.74) is 1.41. The first-order valence-electron chi connectivity index (χ1n) is 15.1. The summed E-state index contributed by atoms with van der Waals surface area (Å²) in [4.78, 5) is 3.61. The fourth-order valence-corrected chi connectivity index (χ4v) is 4.01. The van der Waals surface area contributed by atoms with Crippen LogP contribution in [0.25, 0.3) is 0 Å². The van der Waals surface area contributed by atoms with Crippen molar-refractivity contribution >= 4 is 5.87 Å². The monoisotopic (exact) mass is 765 g/mol. The van der Waals surface area contributed by atoms with Gasteiger partial charge in [-0.1, -0.05) is 209 Å². The smallest absolute Gasteiger partial charge is 0.0807 e. The van der Waals surface area contributed by atoms with Crippen LogP contribution in [0, 0.1) is 41.4 Å². The molecule has 0 radical (unpaired) electrons. The Morgan fingerprint density at radius 1 is 0.698 bits per heavy atom. The average Bonchev–Trinajstić information content (AvgIpc) is 3.59. The number of ether oxygens (including phenoxy) is 1. The summed E-state index contributed by atoms with van der Waals surface area (Å²) in [5, 5.41) is 7.62. The lowest BCUT2D eigenvalue weighted by molar-refractivity contribution is 0.324. The number of rotatable bonds is 4. The van der Waals surface area contributed by atoms with Crippen molar-refractivity contribution in [2.24, 2.45) is 22.7 Å². The molecule has 3 aliphatic rings. The summed E-state index contributed by atoms with van der Waals surface area (Å²) in [5.74, 6) is 8.26. The van der Waals surface area contributed by atoms with Crippen molar-refractivity contribution in [3.8, 4) is 18.4 Å². The Hall–Kier alpha value is -2.32. The number of terminal acetylenes is 1. The van der Waals surface area contributed by atoms with Crippen molar-refractivity contribution in [3.05, 3.63) is 42.5 Å². The number of aliphatic imine (C=N–C) groups is 1. The molecule has 0 spiro atoms. The molecule has 1 aliphatic heterocycles. The number of hydrogen-bond donors (Lipinski definition) is 0. The van der Waals surface area contributed by atoms with E-state index >= 15 is 0 Å². The molecule has 2 bridgehead atoms. The van der Waals surface area contributed by atoms with Gasteiger partial charge >= 0.3 is 0 Å². The Morgan fingerprint density at radius 2 is 1.09 bits per heavy atom. The Kier molecular flexibility index (Phi) is 216. The standard InChI is InChI=1S/C9H16.C8H10.C4H7N.C4H8O.C4H6.C3H5N.C3H8.15CH4/c1-2-8-5-7-3-4-9(8)6-7;1-2-8-6-4-3-5-7-8;1-3-5-4-2;1-2-4-3-5-4;1-3-4-2;1-2-3-4;1-3-2;;;;;;;;;;;;;;;/h7-9H,2-6H2,1H3;3-7H,2H2,1H3;1,4H2,2H3;4H,2-3H2,1H3;1H,4H2,2H3;2H2,1H3;3H2,1-2H3;15*1H4. The lowest BCUT2D eigenvalue weighted by atomic mass is 9.87. The fraction of sp³-hybridized carbons (Fsp3) is 0.780. The third-order valence-corrected chi connectivity index (χ3v) is 6.15. The average molecular weight is 766 g/mol. The molecule has 336 valence electrons. The topological polar surface area (TPSA) is 48.7 Å². The molecule has 4 rings (SSSR count). The summed E-state index contributed by atoms with van der Waals surface area (Å²) in [6.07, 6.45) is 18.2. The maximum Gasteiger partial charge on any atom is 0.0807 e. The predicted octanol–water partition coefficient (Wildman–Crippen LogP) is 19.6. The first kappa shape index (κ1) is 117. The van der Waals surface area contributed by atoms with E-state index in [9.17, 15) is 0 Å². The Morgan fingerprint density at radius 3 is 1.21 bits per heavy atom. The Labute approximate surface area is 348 Å². The summed E-state index contributed by atoms with van der Waals surface area (Å²) in [6, 6.07) is 12.4. The van der Waals surface area contributed by atoms with E-state index in [1.54, 1.807) is 25.7 Å². The largest absolute Gasteiger partial charge is 0.373 e. The third-order valence-electron chi connectivity index (χ3n) is 6.15. The summed E-state index contributed by atoms with van der Waals surface area (Å²) < 4.78 is 4.86. The molecule has 53 heavy (non-hydrogen) atoms. The normalized spacial score (nSPS) is 14.5. The van der Waals surface area contributed by atoms with Crippen LogP contribution in [0.15, 0.2) is 41.9 Å². The van der Waals surface area contributed by atoms with Gasteiger partial charge in [0, 0.05) is 19.4 Å². The molecule has 1 aromatic carbocycles. The molecule has 3 heteroatoms. The molecule has 1 aromatic rings. The lowest BCUT2D eigenvalue weighted by Crippen LogP contribution is -2.08. The second-order valence-electron chi connectivity index (χ2n) is 9.45. The van der Waals surface area contributed by atoms with Crippen molar-refractivity contribution < 1.29 is 4.74 Å². The minimum Gasteiger partial charge on any atom is -0.373 e. The highest BCUT2D eigenvalue weighted by atomic mass is 16.6. The lowest BCUT2D eigenvalue weighted by Gasteiger charge is -2.18. The van der Waals surface area contributed by atoms with Gasteiger partial charge in [0.15, 0.2) is 0 Å². The Bertz CT molecular complexity index is 708. The SMILES string of the molecule is C.C.C.C.C.C.C.C.C.C.C.C.C.C.C.C#CCC.C=C=NCC.CCC.CCC#N.CCC1CC2CCC1C2.CCC1CO1.CCc1ccccc1. The molecular formula is C50H120N2O. The molecule has 1 saturated heterocycles. The fourth-order valence-electron chi connectivity index (χ4n) is 4.01. The van der Waals surface area contributed by atoms with E-state index in [2.05, 4.69) is 82.2 Å². The minimum absolute atomic E-state index is 0. The summed E-state index contributed by atoms with van der Waals surface area (Å²) in [7, 11) is 0. The highest BCUT2D eigenvalue weighted by Gasteiger charge is 2.37. The van der Waals surface area contributed by atoms with E-state index in [-0.39, 0.29) is 111 Å². The van der Waals surface area contributed by atoms with Crippen LogP contribution in [-0.4, -0.2) is 25.1 Å². The van der Waals surface area contributed by atoms with E-state index < -0.39 is 0 Å². The predicted molar refractivity (Wildman–Crippen MR) is 271 cm³/mol. The number of nitrogens with zero attached hydrogens (tertiary/aromatic N) is 2. The first-order valence-corrected chi connectivity index (χ1v) is 15.1. The van der Waals surface area contributed by atoms with Crippen molar-refractivity contribution in [2.45, 2.75) is 237 Å². The number of nitriles is 1. The maximum atomic E-state index is 7.62. The third kappa shape index (κ3) is 88.7. The van der Waals surface area contributed by atoms with Crippen LogP contribution in [0.5, 0.6) is 0 Å². The number of benzene rings is 1. The van der Waals surface area contributed by atoms with Gasteiger partial charge in [0.25, 0.3) is 0 Å². The molecule has 4 atom stereocenters. The van der Waals surface area contributed by atoms with Gasteiger partial charge in [0.05, 0.1) is 18.8 Å². The quantitative estimate of drug-likeness (QED) is 0.174. The molecule has 1 heterocycles. The zero-order valence-corrected chi connectivity index (χ0v) is 26.3. The van der Waals surface area contributed by atoms with Gasteiger partial charge < -0.3 is 4.74 Å². The van der Waals surface area contributed by atoms with Gasteiger partial charge in [-0.15, -0.1) is 12.3 Å². The zero-order valence-electron chi connectivity index (χ0n) is 26.3. The van der Waals surface area contributed by atoms with Crippen LogP contribution in [-0.2, 0) is 11.2 Å². The molecule has 3 fully saturated rings. The van der Waals surface area contributed by atoms with Gasteiger partial charge in [-0.05, 0) is 74.8 Å². The van der Waals surface area contributed by atoms with Crippen molar-refractivity contribution in [3.63, 3.8) is 0 Å². The van der Waals surface area contributed by atoms with E-state index in [0.29, 0.717) is 12.5 Å². The number of aryl methyl sites for hydroxylation is 1. The molecule has 0 aromatic heterocycles. The first-order chi connectivity index (χ1) is 18.4. The van der Waals surface area contributed by atoms with E-state index in [1.807, 2.05) is 32.9 Å². The molecule has 0 N–H and O–H groups in total. The van der Waals surface area contributed by atoms with Crippen LogP contribution >= 0.6 is 0 Å². The van der Waals surface area contributed by atoms with E-state index in [1.165, 1.54) is 24.8 Å². The maximum absolute atomic E-state index is 7.62. The second kappa shape index (κ2) is 97.9. The second-order valence-corrected chi connectivity index (χ2v) is 9.45. The van der Waals surface area contributed by atoms with Crippen molar-refractivity contribution in [1.29, 1.82) is 5.26 Å². The highest BCUT2D eigenvalue weighted by molar-refractivity contribution is 5.46. The molecule has 0 amide bonds. The van der Waals surface area contributed by atoms with Gasteiger partial charge in [-0.3, -0.25) is 0 Å². The molecular weight excluding hydrogens is 645 g/mol. The number of fused-ring (bicyclic) bond motifs is 2. The molecule has 2 saturated carbocycles. The summed E-state index contributed by atoms with van der Waals surface area (Å²) >= 11 is 0. The van der Waals surface area contributed by atoms with Crippen LogP contribution in [0.4, 0.5) is 0 Å². The minimum atomic E-state index is 0. The van der Waals surface area contributed by atoms with Gasteiger partial charge in [0.1, 0.15) is 0 Å². The van der Waals surface area contributed by atoms with E-state index in [0.717, 1.165) is 43.7 Å². The van der Waals surface area contributed by atoms with Gasteiger partial charge in [-0.25, -0.2) is 4.99 Å². The Balaban J connectivity index is -0.0000000165. The molecule has 2 aliphatic carbocycles. The van der Waals surface area contributed by atoms with Crippen LogP contribution in [0.3, 0.4) is 0 Å². The number of hydrogen-bond acceptors (Lipinski definition) is 3. The van der Waals surface area contributed by atoms with Crippen molar-refractivity contribution in [2.75, 3.05) is 13.2 Å². The molecule has 3 nitrogen and oxygen atoms in total. The zero-order chi connectivity index (χ0) is 29.4. The van der Waals surface area contributed by atoms with Gasteiger partial charge in [-0.2, -0.15) is 5.26 Å². The van der Waals surface area contributed by atoms with Crippen LogP contribution in [0.1, 0.15) is 230 Å². The summed E-state index contributed by atoms with van der Waals surface area (Å²) in [6.45, 7) is 21.7. The highest BCUT2D eigenvalue weighted by Crippen LogP contribution is 2.49.